The normalized spacial score (nSPS) is 34.4. The van der Waals surface area contributed by atoms with E-state index in [1.807, 2.05) is 6.07 Å². The molecule has 0 spiro atoms. The fourth-order valence-corrected chi connectivity index (χ4v) is 5.07. The Hall–Kier alpha value is -0.130. The lowest BCUT2D eigenvalue weighted by Crippen LogP contribution is -2.38. The van der Waals surface area contributed by atoms with Crippen LogP contribution in [-0.4, -0.2) is 35.2 Å². The molecule has 19 heavy (non-hydrogen) atoms. The van der Waals surface area contributed by atoms with Gasteiger partial charge >= 0.3 is 0 Å². The first-order valence-corrected chi connectivity index (χ1v) is 8.18. The molecule has 1 aliphatic carbocycles. The van der Waals surface area contributed by atoms with E-state index >= 15 is 0 Å². The second-order valence-electron chi connectivity index (χ2n) is 5.97. The maximum atomic E-state index is 10.0. The second kappa shape index (κ2) is 5.34. The largest absolute Gasteiger partial charge is 0.393 e. The van der Waals surface area contributed by atoms with E-state index in [-0.39, 0.29) is 18.2 Å². The van der Waals surface area contributed by atoms with Gasteiger partial charge in [0.15, 0.2) is 0 Å². The lowest BCUT2D eigenvalue weighted by atomic mass is 10.00. The number of hydrogen-bond acceptors (Lipinski definition) is 4. The molecule has 3 N–H and O–H groups in total. The molecule has 0 radical (unpaired) electrons. The van der Waals surface area contributed by atoms with Crippen LogP contribution in [0.1, 0.15) is 30.7 Å². The fraction of sp³-hybridized carbons (Fsp3) is 0.714. The summed E-state index contributed by atoms with van der Waals surface area (Å²) in [6, 6.07) is 4.34. The smallest absolute Gasteiger partial charge is 0.0931 e. The van der Waals surface area contributed by atoms with Crippen molar-refractivity contribution in [2.45, 2.75) is 38.0 Å². The van der Waals surface area contributed by atoms with Gasteiger partial charge in [-0.3, -0.25) is 4.90 Å². The van der Waals surface area contributed by atoms with E-state index in [0.717, 1.165) is 30.3 Å². The molecule has 1 aromatic heterocycles. The number of aliphatic hydroxyl groups excluding tert-OH is 1. The predicted octanol–water partition coefficient (Wildman–Crippen LogP) is 2.49. The summed E-state index contributed by atoms with van der Waals surface area (Å²) in [7, 11) is 0. The summed E-state index contributed by atoms with van der Waals surface area (Å²) in [5.74, 6) is 1.09. The number of nitrogens with zero attached hydrogens (tertiary/aromatic N) is 1. The maximum Gasteiger partial charge on any atom is 0.0931 e. The van der Waals surface area contributed by atoms with E-state index < -0.39 is 0 Å². The van der Waals surface area contributed by atoms with Crippen LogP contribution in [0.5, 0.6) is 0 Å². The molecule has 0 bridgehead atoms. The Morgan fingerprint density at radius 2 is 2.21 bits per heavy atom. The van der Waals surface area contributed by atoms with Gasteiger partial charge in [-0.1, -0.05) is 11.6 Å². The van der Waals surface area contributed by atoms with Crippen molar-refractivity contribution in [1.82, 2.24) is 4.90 Å². The average molecular weight is 301 g/mol. The number of aliphatic hydroxyl groups is 1. The van der Waals surface area contributed by atoms with E-state index in [0.29, 0.717) is 11.8 Å². The van der Waals surface area contributed by atoms with Gasteiger partial charge in [-0.2, -0.15) is 0 Å². The van der Waals surface area contributed by atoms with Crippen molar-refractivity contribution in [1.29, 1.82) is 0 Å². The van der Waals surface area contributed by atoms with Crippen LogP contribution in [0, 0.1) is 11.8 Å². The van der Waals surface area contributed by atoms with Crippen molar-refractivity contribution in [3.8, 4) is 0 Å². The fourth-order valence-electron chi connectivity index (χ4n) is 3.76. The summed E-state index contributed by atoms with van der Waals surface area (Å²) in [4.78, 5) is 3.69. The molecule has 0 aromatic carbocycles. The van der Waals surface area contributed by atoms with E-state index in [4.69, 9.17) is 17.3 Å². The minimum atomic E-state index is -0.115. The first-order valence-electron chi connectivity index (χ1n) is 6.99. The molecule has 106 valence electrons. The Bertz CT molecular complexity index is 450. The summed E-state index contributed by atoms with van der Waals surface area (Å²) in [5.41, 5.74) is 6.20. The van der Waals surface area contributed by atoms with Gasteiger partial charge in [-0.15, -0.1) is 11.3 Å². The van der Waals surface area contributed by atoms with E-state index in [2.05, 4.69) is 17.9 Å². The van der Waals surface area contributed by atoms with E-state index in [1.165, 1.54) is 4.88 Å². The number of halogens is 1. The van der Waals surface area contributed by atoms with E-state index in [1.54, 1.807) is 11.3 Å². The Morgan fingerprint density at radius 3 is 2.79 bits per heavy atom. The van der Waals surface area contributed by atoms with Crippen molar-refractivity contribution in [2.24, 2.45) is 17.6 Å². The van der Waals surface area contributed by atoms with Gasteiger partial charge in [-0.05, 0) is 37.8 Å². The zero-order chi connectivity index (χ0) is 13.6. The quantitative estimate of drug-likeness (QED) is 0.902. The van der Waals surface area contributed by atoms with Crippen molar-refractivity contribution in [3.63, 3.8) is 0 Å². The average Bonchev–Trinajstić information content (AvgIpc) is 2.99. The molecule has 1 saturated heterocycles. The summed E-state index contributed by atoms with van der Waals surface area (Å²) < 4.78 is 0.820. The highest BCUT2D eigenvalue weighted by molar-refractivity contribution is 7.16. The molecule has 5 atom stereocenters. The number of likely N-dealkylation sites (tertiary alicyclic amines) is 1. The van der Waals surface area contributed by atoms with Crippen LogP contribution in [0.25, 0.3) is 0 Å². The molecule has 3 rings (SSSR count). The Kier molecular flexibility index (Phi) is 3.89. The second-order valence-corrected chi connectivity index (χ2v) is 7.72. The SMILES string of the molecule is CC(N)C(c1ccc(Cl)s1)N1CC2CCC(O)C2C1. The van der Waals surface area contributed by atoms with Crippen LogP contribution in [0.2, 0.25) is 4.34 Å². The highest BCUT2D eigenvalue weighted by atomic mass is 35.5. The predicted molar refractivity (Wildman–Crippen MR) is 79.5 cm³/mol. The highest BCUT2D eigenvalue weighted by Crippen LogP contribution is 2.43. The third-order valence-electron chi connectivity index (χ3n) is 4.62. The molecule has 2 heterocycles. The topological polar surface area (TPSA) is 49.5 Å². The van der Waals surface area contributed by atoms with Crippen LogP contribution < -0.4 is 5.73 Å². The first-order chi connectivity index (χ1) is 9.06. The van der Waals surface area contributed by atoms with Gasteiger partial charge in [0.05, 0.1) is 16.5 Å². The number of thiophene rings is 1. The molecular formula is C14H21ClN2OS. The van der Waals surface area contributed by atoms with E-state index in [9.17, 15) is 5.11 Å². The molecule has 0 amide bonds. The van der Waals surface area contributed by atoms with Crippen LogP contribution in [0.3, 0.4) is 0 Å². The monoisotopic (exact) mass is 300 g/mol. The van der Waals surface area contributed by atoms with Crippen molar-refractivity contribution >= 4 is 22.9 Å². The first kappa shape index (κ1) is 13.8. The zero-order valence-corrected chi connectivity index (χ0v) is 12.7. The number of fused-ring (bicyclic) bond motifs is 1. The lowest BCUT2D eigenvalue weighted by molar-refractivity contribution is 0.115. The van der Waals surface area contributed by atoms with Crippen LogP contribution >= 0.6 is 22.9 Å². The molecule has 2 aliphatic rings. The summed E-state index contributed by atoms with van der Waals surface area (Å²) >= 11 is 7.68. The Labute approximate surface area is 123 Å². The van der Waals surface area contributed by atoms with Gasteiger partial charge in [0, 0.05) is 29.9 Å². The van der Waals surface area contributed by atoms with Crippen LogP contribution in [0.15, 0.2) is 12.1 Å². The minimum absolute atomic E-state index is 0.0747. The van der Waals surface area contributed by atoms with Gasteiger partial charge in [0.25, 0.3) is 0 Å². The van der Waals surface area contributed by atoms with Crippen molar-refractivity contribution in [2.75, 3.05) is 13.1 Å². The maximum absolute atomic E-state index is 10.0. The third-order valence-corrected chi connectivity index (χ3v) is 5.93. The number of nitrogens with two attached hydrogens (primary N) is 1. The number of rotatable bonds is 3. The Balaban J connectivity index is 1.79. The Morgan fingerprint density at radius 1 is 1.42 bits per heavy atom. The van der Waals surface area contributed by atoms with Crippen molar-refractivity contribution in [3.05, 3.63) is 21.3 Å². The zero-order valence-electron chi connectivity index (χ0n) is 11.1. The molecular weight excluding hydrogens is 280 g/mol. The van der Waals surface area contributed by atoms with Crippen LogP contribution in [0.4, 0.5) is 0 Å². The molecule has 1 saturated carbocycles. The lowest BCUT2D eigenvalue weighted by Gasteiger charge is -2.31. The standard InChI is InChI=1S/C14H21ClN2OS/c1-8(16)14(12-4-5-13(15)19-12)17-6-9-2-3-11(18)10(9)7-17/h4-5,8-11,14,18H,2-3,6-7,16H2,1H3. The molecule has 5 heteroatoms. The molecule has 3 nitrogen and oxygen atoms in total. The summed E-state index contributed by atoms with van der Waals surface area (Å²) in [5, 5.41) is 10.0. The third kappa shape index (κ3) is 2.57. The molecule has 5 unspecified atom stereocenters. The van der Waals surface area contributed by atoms with Crippen LogP contribution in [-0.2, 0) is 0 Å². The summed E-state index contributed by atoms with van der Waals surface area (Å²) in [6.07, 6.45) is 2.01. The van der Waals surface area contributed by atoms with Gasteiger partial charge in [0.2, 0.25) is 0 Å². The molecule has 1 aliphatic heterocycles. The van der Waals surface area contributed by atoms with Gasteiger partial charge in [0.1, 0.15) is 0 Å². The van der Waals surface area contributed by atoms with Gasteiger partial charge in [-0.25, -0.2) is 0 Å². The highest BCUT2D eigenvalue weighted by Gasteiger charge is 2.44. The summed E-state index contributed by atoms with van der Waals surface area (Å²) in [6.45, 7) is 4.08. The van der Waals surface area contributed by atoms with Gasteiger partial charge < -0.3 is 10.8 Å². The molecule has 1 aromatic rings. The molecule has 2 fully saturated rings. The van der Waals surface area contributed by atoms with Crippen molar-refractivity contribution < 1.29 is 5.11 Å². The minimum Gasteiger partial charge on any atom is -0.393 e. The number of hydrogen-bond donors (Lipinski definition) is 2.